The van der Waals surface area contributed by atoms with Crippen molar-refractivity contribution in [2.24, 2.45) is 22.0 Å². The first-order chi connectivity index (χ1) is 7.46. The Hall–Kier alpha value is -0.0400. The van der Waals surface area contributed by atoms with E-state index in [0.29, 0.717) is 0 Å². The van der Waals surface area contributed by atoms with Gasteiger partial charge >= 0.3 is 0 Å². The Bertz CT molecular complexity index is 223. The number of hydrogen-bond acceptors (Lipinski definition) is 1. The van der Waals surface area contributed by atoms with Gasteiger partial charge in [-0.25, -0.2) is 0 Å². The second-order valence-electron chi connectivity index (χ2n) is 7.68. The third-order valence-corrected chi connectivity index (χ3v) is 4.78. The van der Waals surface area contributed by atoms with E-state index in [-0.39, 0.29) is 21.8 Å². The third-order valence-electron chi connectivity index (χ3n) is 4.78. The molecule has 1 heteroatoms. The van der Waals surface area contributed by atoms with Gasteiger partial charge in [-0.1, -0.05) is 61.8 Å². The molecule has 0 radical (unpaired) electrons. The minimum absolute atomic E-state index is 0.0243. The molecule has 0 aromatic heterocycles. The molecule has 0 amide bonds. The summed E-state index contributed by atoms with van der Waals surface area (Å²) in [7, 11) is 0. The van der Waals surface area contributed by atoms with Crippen molar-refractivity contribution in [3.63, 3.8) is 0 Å². The Morgan fingerprint density at radius 1 is 0.824 bits per heavy atom. The zero-order chi connectivity index (χ0) is 14.1. The van der Waals surface area contributed by atoms with Crippen LogP contribution in [0.25, 0.3) is 0 Å². The summed E-state index contributed by atoms with van der Waals surface area (Å²) in [5.41, 5.74) is 7.39. The van der Waals surface area contributed by atoms with E-state index in [1.54, 1.807) is 0 Å². The highest BCUT2D eigenvalue weighted by Gasteiger charge is 2.61. The molecule has 0 aliphatic heterocycles. The fourth-order valence-electron chi connectivity index (χ4n) is 4.81. The maximum Gasteiger partial charge on any atom is 0.0192 e. The molecule has 0 bridgehead atoms. The van der Waals surface area contributed by atoms with Crippen LogP contribution in [0.4, 0.5) is 0 Å². The monoisotopic (exact) mass is 241 g/mol. The van der Waals surface area contributed by atoms with Crippen LogP contribution in [-0.2, 0) is 0 Å². The fourth-order valence-corrected chi connectivity index (χ4v) is 4.81. The van der Waals surface area contributed by atoms with Gasteiger partial charge in [0, 0.05) is 5.54 Å². The summed E-state index contributed by atoms with van der Waals surface area (Å²) >= 11 is 0. The summed E-state index contributed by atoms with van der Waals surface area (Å²) in [5.74, 6) is 0. The first kappa shape index (κ1) is 17.0. The SMILES string of the molecule is CC.CC(C)(C)C1(C(C)(C)C)CCCC1(C)N. The van der Waals surface area contributed by atoms with E-state index < -0.39 is 0 Å². The highest BCUT2D eigenvalue weighted by molar-refractivity contribution is 5.14. The van der Waals surface area contributed by atoms with Crippen LogP contribution in [-0.4, -0.2) is 5.54 Å². The molecule has 1 unspecified atom stereocenters. The van der Waals surface area contributed by atoms with E-state index in [2.05, 4.69) is 48.5 Å². The van der Waals surface area contributed by atoms with Gasteiger partial charge in [-0.3, -0.25) is 0 Å². The highest BCUT2D eigenvalue weighted by atomic mass is 14.8. The lowest BCUT2D eigenvalue weighted by Crippen LogP contribution is -2.61. The summed E-state index contributed by atoms with van der Waals surface area (Å²) in [4.78, 5) is 0. The van der Waals surface area contributed by atoms with Crippen LogP contribution in [0.3, 0.4) is 0 Å². The van der Waals surface area contributed by atoms with Gasteiger partial charge in [-0.05, 0) is 36.0 Å². The summed E-state index contributed by atoms with van der Waals surface area (Å²) in [5, 5.41) is 0. The lowest BCUT2D eigenvalue weighted by atomic mass is 9.48. The molecule has 1 nitrogen and oxygen atoms in total. The normalized spacial score (nSPS) is 28.6. The lowest BCUT2D eigenvalue weighted by molar-refractivity contribution is -0.0744. The Balaban J connectivity index is 0.00000121. The van der Waals surface area contributed by atoms with Gasteiger partial charge in [0.15, 0.2) is 0 Å². The van der Waals surface area contributed by atoms with E-state index in [1.807, 2.05) is 13.8 Å². The van der Waals surface area contributed by atoms with Gasteiger partial charge in [0.25, 0.3) is 0 Å². The second kappa shape index (κ2) is 4.91. The standard InChI is InChI=1S/C14H29N.C2H6/c1-11(2,3)14(12(4,5)6)10-8-9-13(14,7)15;1-2/h8-10,15H2,1-7H3;1-2H3. The molecule has 2 N–H and O–H groups in total. The van der Waals surface area contributed by atoms with Crippen LogP contribution in [0.15, 0.2) is 0 Å². The van der Waals surface area contributed by atoms with Gasteiger partial charge < -0.3 is 5.73 Å². The quantitative estimate of drug-likeness (QED) is 0.635. The van der Waals surface area contributed by atoms with Gasteiger partial charge in [0.2, 0.25) is 0 Å². The Morgan fingerprint density at radius 3 is 1.29 bits per heavy atom. The van der Waals surface area contributed by atoms with Crippen LogP contribution in [0.1, 0.15) is 81.6 Å². The van der Waals surface area contributed by atoms with Crippen molar-refractivity contribution in [3.8, 4) is 0 Å². The minimum atomic E-state index is -0.0243. The Labute approximate surface area is 110 Å². The molecule has 1 fully saturated rings. The van der Waals surface area contributed by atoms with Gasteiger partial charge in [-0.15, -0.1) is 0 Å². The van der Waals surface area contributed by atoms with Gasteiger partial charge in [-0.2, -0.15) is 0 Å². The predicted octanol–water partition coefficient (Wildman–Crippen LogP) is 4.99. The molecule has 0 saturated heterocycles. The van der Waals surface area contributed by atoms with Crippen molar-refractivity contribution in [2.45, 2.75) is 87.1 Å². The molecule has 1 atom stereocenters. The molecule has 17 heavy (non-hydrogen) atoms. The molecule has 1 saturated carbocycles. The Morgan fingerprint density at radius 2 is 1.18 bits per heavy atom. The largest absolute Gasteiger partial charge is 0.325 e. The van der Waals surface area contributed by atoms with Crippen LogP contribution in [0.5, 0.6) is 0 Å². The van der Waals surface area contributed by atoms with Crippen molar-refractivity contribution in [2.75, 3.05) is 0 Å². The van der Waals surface area contributed by atoms with Crippen LogP contribution in [0, 0.1) is 16.2 Å². The zero-order valence-corrected chi connectivity index (χ0v) is 13.7. The molecule has 104 valence electrons. The van der Waals surface area contributed by atoms with E-state index in [1.165, 1.54) is 19.3 Å². The molecular formula is C16H35N. The summed E-state index contributed by atoms with van der Waals surface area (Å²) in [6, 6.07) is 0. The fraction of sp³-hybridized carbons (Fsp3) is 1.00. The second-order valence-corrected chi connectivity index (χ2v) is 7.68. The van der Waals surface area contributed by atoms with E-state index in [4.69, 9.17) is 5.73 Å². The van der Waals surface area contributed by atoms with Crippen LogP contribution in [0.2, 0.25) is 0 Å². The van der Waals surface area contributed by atoms with Crippen molar-refractivity contribution in [1.82, 2.24) is 0 Å². The Kier molecular flexibility index (Phi) is 4.90. The average Bonchev–Trinajstić information content (AvgIpc) is 2.43. The zero-order valence-electron chi connectivity index (χ0n) is 13.7. The molecule has 1 aliphatic rings. The van der Waals surface area contributed by atoms with Crippen molar-refractivity contribution >= 4 is 0 Å². The highest BCUT2D eigenvalue weighted by Crippen LogP contribution is 2.64. The topological polar surface area (TPSA) is 26.0 Å². The number of nitrogens with two attached hydrogens (primary N) is 1. The molecule has 0 spiro atoms. The first-order valence-electron chi connectivity index (χ1n) is 7.25. The average molecular weight is 241 g/mol. The smallest absolute Gasteiger partial charge is 0.0192 e. The molecule has 1 aliphatic carbocycles. The molecule has 0 aromatic carbocycles. The molecule has 1 rings (SSSR count). The minimum Gasteiger partial charge on any atom is -0.325 e. The van der Waals surface area contributed by atoms with Crippen molar-refractivity contribution in [3.05, 3.63) is 0 Å². The van der Waals surface area contributed by atoms with E-state index in [9.17, 15) is 0 Å². The molecule has 0 heterocycles. The molecular weight excluding hydrogens is 206 g/mol. The predicted molar refractivity (Wildman–Crippen MR) is 79.1 cm³/mol. The summed E-state index contributed by atoms with van der Waals surface area (Å²) in [6.45, 7) is 20.4. The van der Waals surface area contributed by atoms with Gasteiger partial charge in [0.1, 0.15) is 0 Å². The van der Waals surface area contributed by atoms with Crippen LogP contribution < -0.4 is 5.73 Å². The van der Waals surface area contributed by atoms with Crippen molar-refractivity contribution in [1.29, 1.82) is 0 Å². The lowest BCUT2D eigenvalue weighted by Gasteiger charge is -2.59. The molecule has 0 aromatic rings. The third kappa shape index (κ3) is 2.54. The maximum absolute atomic E-state index is 6.63. The summed E-state index contributed by atoms with van der Waals surface area (Å²) < 4.78 is 0. The van der Waals surface area contributed by atoms with E-state index in [0.717, 1.165) is 0 Å². The number of rotatable bonds is 0. The number of hydrogen-bond donors (Lipinski definition) is 1. The first-order valence-corrected chi connectivity index (χ1v) is 7.25. The van der Waals surface area contributed by atoms with E-state index >= 15 is 0 Å². The van der Waals surface area contributed by atoms with Gasteiger partial charge in [0.05, 0.1) is 0 Å². The summed E-state index contributed by atoms with van der Waals surface area (Å²) in [6.07, 6.45) is 3.72. The van der Waals surface area contributed by atoms with Crippen LogP contribution >= 0.6 is 0 Å². The maximum atomic E-state index is 6.63. The van der Waals surface area contributed by atoms with Crippen molar-refractivity contribution < 1.29 is 0 Å².